The van der Waals surface area contributed by atoms with E-state index < -0.39 is 34.4 Å². The number of hydrogen-bond donors (Lipinski definition) is 2. The SMILES string of the molecule is NC(=O)[C@@H]1CC[C@@H]2CN1C(=O)N2OS(=O)(=O)O.[Na]. The Balaban J connectivity index is 0.00000162. The Morgan fingerprint density at radius 1 is 1.44 bits per heavy atom. The molecule has 2 fully saturated rings. The summed E-state index contributed by atoms with van der Waals surface area (Å²) in [6, 6.07) is -2.04. The molecule has 2 saturated heterocycles. The van der Waals surface area contributed by atoms with Crippen molar-refractivity contribution in [2.75, 3.05) is 6.54 Å². The molecule has 0 aromatic heterocycles. The third-order valence-electron chi connectivity index (χ3n) is 2.83. The van der Waals surface area contributed by atoms with Gasteiger partial charge in [-0.15, -0.1) is 4.28 Å². The van der Waals surface area contributed by atoms with E-state index in [1.165, 1.54) is 0 Å². The van der Waals surface area contributed by atoms with Crippen molar-refractivity contribution in [3.05, 3.63) is 0 Å². The minimum absolute atomic E-state index is 0. The fourth-order valence-electron chi connectivity index (χ4n) is 2.13. The monoisotopic (exact) mass is 288 g/mol. The molecule has 97 valence electrons. The first kappa shape index (κ1) is 15.7. The van der Waals surface area contributed by atoms with Crippen LogP contribution in [0.5, 0.6) is 0 Å². The summed E-state index contributed by atoms with van der Waals surface area (Å²) in [5.74, 6) is -0.648. The molecular formula is C7H11N3NaO6S. The quantitative estimate of drug-likeness (QED) is 0.460. The molecule has 2 aliphatic heterocycles. The van der Waals surface area contributed by atoms with Gasteiger partial charge in [-0.05, 0) is 12.8 Å². The molecular weight excluding hydrogens is 277 g/mol. The molecule has 11 heteroatoms. The standard InChI is InChI=1S/C7H11N3O6S.Na/c8-6(11)5-2-1-4-3-9(5)7(12)10(4)16-17(13,14)15;/h4-5H,1-3H2,(H2,8,11)(H,13,14,15);/t4-,5+;/m1./s1. The number of nitrogens with zero attached hydrogens (tertiary/aromatic N) is 2. The first-order valence-corrected chi connectivity index (χ1v) is 6.22. The Hall–Kier alpha value is -0.390. The number of fused-ring (bicyclic) bond motifs is 2. The number of hydrogen-bond acceptors (Lipinski definition) is 5. The van der Waals surface area contributed by atoms with E-state index in [0.29, 0.717) is 17.9 Å². The first-order chi connectivity index (χ1) is 7.79. The largest absolute Gasteiger partial charge is 0.418 e. The van der Waals surface area contributed by atoms with Gasteiger partial charge in [0, 0.05) is 36.1 Å². The van der Waals surface area contributed by atoms with Crippen LogP contribution in [0.2, 0.25) is 0 Å². The fourth-order valence-corrected chi connectivity index (χ4v) is 2.52. The molecule has 2 bridgehead atoms. The zero-order chi connectivity index (χ0) is 12.8. The van der Waals surface area contributed by atoms with Gasteiger partial charge < -0.3 is 10.6 Å². The molecule has 9 nitrogen and oxygen atoms in total. The maximum absolute atomic E-state index is 11.7. The maximum Gasteiger partial charge on any atom is 0.418 e. The minimum Gasteiger partial charge on any atom is -0.368 e. The molecule has 2 heterocycles. The summed E-state index contributed by atoms with van der Waals surface area (Å²) < 4.78 is 33.8. The van der Waals surface area contributed by atoms with Crippen LogP contribution in [0.15, 0.2) is 0 Å². The van der Waals surface area contributed by atoms with Crippen LogP contribution in [0.1, 0.15) is 12.8 Å². The molecule has 3 amide bonds. The predicted molar refractivity (Wildman–Crippen MR) is 58.3 cm³/mol. The third kappa shape index (κ3) is 2.95. The van der Waals surface area contributed by atoms with Crippen molar-refractivity contribution in [2.24, 2.45) is 5.73 Å². The summed E-state index contributed by atoms with van der Waals surface area (Å²) in [6.07, 6.45) is 0.725. The van der Waals surface area contributed by atoms with Crippen LogP contribution in [0.25, 0.3) is 0 Å². The van der Waals surface area contributed by atoms with Gasteiger partial charge in [0.25, 0.3) is 0 Å². The Morgan fingerprint density at radius 2 is 2.06 bits per heavy atom. The second-order valence-corrected chi connectivity index (χ2v) is 4.92. The number of piperidine rings is 1. The van der Waals surface area contributed by atoms with Crippen molar-refractivity contribution in [3.8, 4) is 0 Å². The maximum atomic E-state index is 11.7. The zero-order valence-electron chi connectivity index (χ0n) is 9.64. The van der Waals surface area contributed by atoms with Crippen molar-refractivity contribution >= 4 is 51.9 Å². The molecule has 0 aliphatic carbocycles. The Kier molecular flexibility index (Phi) is 4.62. The van der Waals surface area contributed by atoms with E-state index in [1.807, 2.05) is 0 Å². The van der Waals surface area contributed by atoms with Crippen molar-refractivity contribution in [2.45, 2.75) is 24.9 Å². The van der Waals surface area contributed by atoms with Gasteiger partial charge in [-0.1, -0.05) is 0 Å². The van der Waals surface area contributed by atoms with Crippen LogP contribution >= 0.6 is 0 Å². The molecule has 3 N–H and O–H groups in total. The molecule has 1 radical (unpaired) electrons. The smallest absolute Gasteiger partial charge is 0.368 e. The van der Waals surface area contributed by atoms with Gasteiger partial charge in [-0.2, -0.15) is 13.5 Å². The Labute approximate surface area is 125 Å². The van der Waals surface area contributed by atoms with Crippen molar-refractivity contribution in [1.29, 1.82) is 0 Å². The Bertz CT molecular complexity index is 468. The van der Waals surface area contributed by atoms with Gasteiger partial charge >= 0.3 is 16.4 Å². The van der Waals surface area contributed by atoms with E-state index in [9.17, 15) is 18.0 Å². The molecule has 2 rings (SSSR count). The van der Waals surface area contributed by atoms with Gasteiger partial charge in [0.1, 0.15) is 6.04 Å². The van der Waals surface area contributed by atoms with E-state index in [-0.39, 0.29) is 36.1 Å². The van der Waals surface area contributed by atoms with E-state index in [4.69, 9.17) is 10.3 Å². The van der Waals surface area contributed by atoms with Gasteiger partial charge in [0.05, 0.1) is 6.04 Å². The van der Waals surface area contributed by atoms with Gasteiger partial charge in [-0.25, -0.2) is 4.79 Å². The second kappa shape index (κ2) is 5.31. The van der Waals surface area contributed by atoms with Crippen molar-refractivity contribution in [3.63, 3.8) is 0 Å². The number of hydroxylamine groups is 2. The molecule has 2 atom stereocenters. The second-order valence-electron chi connectivity index (χ2n) is 3.91. The molecule has 0 aromatic carbocycles. The summed E-state index contributed by atoms with van der Waals surface area (Å²) in [6.45, 7) is 0.155. The number of nitrogens with two attached hydrogens (primary N) is 1. The van der Waals surface area contributed by atoms with Crippen molar-refractivity contribution in [1.82, 2.24) is 9.96 Å². The van der Waals surface area contributed by atoms with E-state index in [0.717, 1.165) is 4.90 Å². The molecule has 2 aliphatic rings. The number of urea groups is 1. The molecule has 0 aromatic rings. The van der Waals surface area contributed by atoms with E-state index >= 15 is 0 Å². The average Bonchev–Trinajstić information content (AvgIpc) is 2.42. The summed E-state index contributed by atoms with van der Waals surface area (Å²) in [4.78, 5) is 23.9. The van der Waals surface area contributed by atoms with Gasteiger partial charge in [0.2, 0.25) is 5.91 Å². The number of carbonyl (C=O) groups excluding carboxylic acids is 2. The van der Waals surface area contributed by atoms with Crippen LogP contribution in [0.4, 0.5) is 4.79 Å². The summed E-state index contributed by atoms with van der Waals surface area (Å²) in [5.41, 5.74) is 5.13. The number of carbonyl (C=O) groups is 2. The van der Waals surface area contributed by atoms with E-state index in [1.54, 1.807) is 0 Å². The number of rotatable bonds is 3. The number of amides is 3. The molecule has 18 heavy (non-hydrogen) atoms. The summed E-state index contributed by atoms with van der Waals surface area (Å²) in [5, 5.41) is 0.568. The van der Waals surface area contributed by atoms with Gasteiger partial charge in [-0.3, -0.25) is 9.35 Å². The van der Waals surface area contributed by atoms with Crippen LogP contribution < -0.4 is 5.73 Å². The van der Waals surface area contributed by atoms with Crippen molar-refractivity contribution < 1.29 is 26.8 Å². The molecule has 0 spiro atoms. The van der Waals surface area contributed by atoms with Crippen LogP contribution in [0.3, 0.4) is 0 Å². The topological polar surface area (TPSA) is 130 Å². The van der Waals surface area contributed by atoms with Crippen LogP contribution in [0, 0.1) is 0 Å². The Morgan fingerprint density at radius 3 is 2.56 bits per heavy atom. The molecule has 0 unspecified atom stereocenters. The van der Waals surface area contributed by atoms with Crippen LogP contribution in [-0.4, -0.2) is 83.1 Å². The normalized spacial score (nSPS) is 27.1. The minimum atomic E-state index is -4.75. The fraction of sp³-hybridized carbons (Fsp3) is 0.714. The predicted octanol–water partition coefficient (Wildman–Crippen LogP) is -1.91. The van der Waals surface area contributed by atoms with Crippen LogP contribution in [-0.2, 0) is 19.5 Å². The average molecular weight is 288 g/mol. The van der Waals surface area contributed by atoms with E-state index in [2.05, 4.69) is 4.28 Å². The number of primary amides is 1. The first-order valence-electron chi connectivity index (χ1n) is 4.86. The summed E-state index contributed by atoms with van der Waals surface area (Å²) in [7, 11) is -4.75. The third-order valence-corrected chi connectivity index (χ3v) is 3.17. The zero-order valence-corrected chi connectivity index (χ0v) is 12.5. The van der Waals surface area contributed by atoms with Gasteiger partial charge in [0.15, 0.2) is 0 Å². The molecule has 0 saturated carbocycles. The summed E-state index contributed by atoms with van der Waals surface area (Å²) >= 11 is 0.